The highest BCUT2D eigenvalue weighted by Crippen LogP contribution is 2.23. The van der Waals surface area contributed by atoms with Gasteiger partial charge >= 0.3 is 0 Å². The molecule has 22 heavy (non-hydrogen) atoms. The number of oxazole rings is 1. The van der Waals surface area contributed by atoms with Gasteiger partial charge in [0.15, 0.2) is 9.84 Å². The third-order valence-corrected chi connectivity index (χ3v) is 5.35. The summed E-state index contributed by atoms with van der Waals surface area (Å²) in [5.41, 5.74) is 0.890. The number of nitrogens with one attached hydrogen (secondary N) is 1. The number of amides is 1. The number of rotatable bonds is 5. The highest BCUT2D eigenvalue weighted by Gasteiger charge is 2.28. The average Bonchev–Trinajstić information content (AvgIpc) is 2.93. The Morgan fingerprint density at radius 1 is 1.45 bits per heavy atom. The molecule has 0 bridgehead atoms. The third-order valence-electron chi connectivity index (χ3n) is 3.13. The lowest BCUT2D eigenvalue weighted by Crippen LogP contribution is -2.36. The van der Waals surface area contributed by atoms with Crippen LogP contribution < -0.4 is 5.32 Å². The Morgan fingerprint density at radius 3 is 2.82 bits per heavy atom. The molecular weight excluding hydrogens is 328 g/mol. The van der Waals surface area contributed by atoms with E-state index in [-0.39, 0.29) is 17.3 Å². The first-order valence-electron chi connectivity index (χ1n) is 6.47. The maximum atomic E-state index is 12.1. The predicted molar refractivity (Wildman–Crippen MR) is 83.1 cm³/mol. The van der Waals surface area contributed by atoms with E-state index in [0.29, 0.717) is 10.6 Å². The van der Waals surface area contributed by atoms with Crippen molar-refractivity contribution in [2.45, 2.75) is 17.9 Å². The van der Waals surface area contributed by atoms with Crippen molar-refractivity contribution in [1.82, 2.24) is 10.3 Å². The van der Waals surface area contributed by atoms with Gasteiger partial charge in [-0.3, -0.25) is 4.79 Å². The van der Waals surface area contributed by atoms with Crippen LogP contribution in [0.4, 0.5) is 0 Å². The molecule has 0 saturated heterocycles. The van der Waals surface area contributed by atoms with Crippen molar-refractivity contribution in [2.75, 3.05) is 7.05 Å². The summed E-state index contributed by atoms with van der Waals surface area (Å²) in [6.07, 6.45) is 1.27. The molecule has 1 atom stereocenters. The van der Waals surface area contributed by atoms with Crippen LogP contribution in [0.15, 0.2) is 34.9 Å². The van der Waals surface area contributed by atoms with Gasteiger partial charge in [-0.25, -0.2) is 13.4 Å². The summed E-state index contributed by atoms with van der Waals surface area (Å²) >= 11 is 5.89. The van der Waals surface area contributed by atoms with Crippen LogP contribution >= 0.6 is 11.6 Å². The van der Waals surface area contributed by atoms with Gasteiger partial charge in [0.2, 0.25) is 11.8 Å². The predicted octanol–water partition coefficient (Wildman–Crippen LogP) is 2.04. The number of sulfone groups is 1. The number of benzene rings is 1. The molecule has 1 heterocycles. The van der Waals surface area contributed by atoms with E-state index in [1.807, 2.05) is 0 Å². The summed E-state index contributed by atoms with van der Waals surface area (Å²) in [5.74, 6) is -0.648. The fraction of sp³-hybridized carbons (Fsp3) is 0.286. The molecule has 1 N–H and O–H groups in total. The number of nitrogens with zero attached hydrogens (tertiary/aromatic N) is 1. The molecule has 0 aliphatic carbocycles. The van der Waals surface area contributed by atoms with Gasteiger partial charge in [0.05, 0.1) is 11.4 Å². The molecule has 1 amide bonds. The van der Waals surface area contributed by atoms with Crippen molar-refractivity contribution in [3.63, 3.8) is 0 Å². The SMILES string of the molecule is CNC(=O)C(C)S(=O)(=O)Cc1coc(-c2cccc(Cl)c2)n1. The number of carbonyl (C=O) groups is 1. The summed E-state index contributed by atoms with van der Waals surface area (Å²) in [4.78, 5) is 15.6. The molecule has 6 nitrogen and oxygen atoms in total. The number of hydrogen-bond donors (Lipinski definition) is 1. The van der Waals surface area contributed by atoms with Crippen molar-refractivity contribution in [2.24, 2.45) is 0 Å². The molecule has 8 heteroatoms. The lowest BCUT2D eigenvalue weighted by atomic mass is 10.2. The molecule has 2 aromatic rings. The first kappa shape index (κ1) is 16.5. The highest BCUT2D eigenvalue weighted by atomic mass is 35.5. The maximum absolute atomic E-state index is 12.1. The van der Waals surface area contributed by atoms with Crippen molar-refractivity contribution in [3.8, 4) is 11.5 Å². The highest BCUT2D eigenvalue weighted by molar-refractivity contribution is 7.92. The standard InChI is InChI=1S/C14H15ClN2O4S/c1-9(13(18)16-2)22(19,20)8-12-7-21-14(17-12)10-4-3-5-11(15)6-10/h3-7,9H,8H2,1-2H3,(H,16,18). The zero-order valence-corrected chi connectivity index (χ0v) is 13.6. The fourth-order valence-corrected chi connectivity index (χ4v) is 3.25. The van der Waals surface area contributed by atoms with Crippen LogP contribution in [0, 0.1) is 0 Å². The molecule has 0 fully saturated rings. The van der Waals surface area contributed by atoms with Gasteiger partial charge in [-0.15, -0.1) is 0 Å². The fourth-order valence-electron chi connectivity index (χ4n) is 1.82. The second-order valence-corrected chi connectivity index (χ2v) is 7.48. The number of hydrogen-bond acceptors (Lipinski definition) is 5. The van der Waals surface area contributed by atoms with Crippen LogP contribution in [0.2, 0.25) is 5.02 Å². The lowest BCUT2D eigenvalue weighted by Gasteiger charge is -2.09. The van der Waals surface area contributed by atoms with E-state index in [0.717, 1.165) is 0 Å². The van der Waals surface area contributed by atoms with Gasteiger partial charge in [-0.2, -0.15) is 0 Å². The zero-order valence-electron chi connectivity index (χ0n) is 12.0. The maximum Gasteiger partial charge on any atom is 0.237 e. The quantitative estimate of drug-likeness (QED) is 0.898. The van der Waals surface area contributed by atoms with Gasteiger partial charge < -0.3 is 9.73 Å². The first-order chi connectivity index (χ1) is 10.3. The van der Waals surface area contributed by atoms with E-state index in [4.69, 9.17) is 16.0 Å². The number of carbonyl (C=O) groups excluding carboxylic acids is 1. The molecule has 0 saturated carbocycles. The summed E-state index contributed by atoms with van der Waals surface area (Å²) in [7, 11) is -2.27. The molecule has 0 spiro atoms. The summed E-state index contributed by atoms with van der Waals surface area (Å²) in [6, 6.07) is 6.87. The Kier molecular flexibility index (Phi) is 4.87. The van der Waals surface area contributed by atoms with E-state index < -0.39 is 21.0 Å². The largest absolute Gasteiger partial charge is 0.444 e. The lowest BCUT2D eigenvalue weighted by molar-refractivity contribution is -0.119. The average molecular weight is 343 g/mol. The number of aromatic nitrogens is 1. The van der Waals surface area contributed by atoms with Crippen LogP contribution in [0.3, 0.4) is 0 Å². The van der Waals surface area contributed by atoms with E-state index in [2.05, 4.69) is 10.3 Å². The molecule has 0 aliphatic heterocycles. The minimum atomic E-state index is -3.66. The molecule has 0 radical (unpaired) electrons. The second-order valence-electron chi connectivity index (χ2n) is 4.72. The smallest absolute Gasteiger partial charge is 0.237 e. The van der Waals surface area contributed by atoms with Crippen molar-refractivity contribution in [3.05, 3.63) is 41.2 Å². The Labute approximate surface area is 133 Å². The Bertz CT molecular complexity index is 786. The van der Waals surface area contributed by atoms with Crippen molar-refractivity contribution < 1.29 is 17.6 Å². The van der Waals surface area contributed by atoms with Gasteiger partial charge in [0.25, 0.3) is 0 Å². The van der Waals surface area contributed by atoms with Crippen LogP contribution in [0.25, 0.3) is 11.5 Å². The van der Waals surface area contributed by atoms with Gasteiger partial charge in [0, 0.05) is 17.6 Å². The van der Waals surface area contributed by atoms with Crippen LogP contribution in [-0.4, -0.2) is 31.6 Å². The summed E-state index contributed by atoms with van der Waals surface area (Å²) in [5, 5.41) is 1.69. The Hall–Kier alpha value is -1.86. The van der Waals surface area contributed by atoms with Crippen molar-refractivity contribution in [1.29, 1.82) is 0 Å². The minimum absolute atomic E-state index is 0.241. The van der Waals surface area contributed by atoms with Crippen LogP contribution in [0.5, 0.6) is 0 Å². The van der Waals surface area contributed by atoms with Crippen LogP contribution in [-0.2, 0) is 20.4 Å². The summed E-state index contributed by atoms with van der Waals surface area (Å²) < 4.78 is 29.6. The topological polar surface area (TPSA) is 89.3 Å². The van der Waals surface area contributed by atoms with Gasteiger partial charge in [0.1, 0.15) is 11.5 Å². The third kappa shape index (κ3) is 3.66. The molecule has 1 unspecified atom stereocenters. The van der Waals surface area contributed by atoms with Gasteiger partial charge in [-0.1, -0.05) is 17.7 Å². The summed E-state index contributed by atoms with van der Waals surface area (Å²) in [6.45, 7) is 1.34. The first-order valence-corrected chi connectivity index (χ1v) is 8.56. The van der Waals surface area contributed by atoms with E-state index >= 15 is 0 Å². The normalized spacial score (nSPS) is 12.9. The van der Waals surface area contributed by atoms with Gasteiger partial charge in [-0.05, 0) is 25.1 Å². The Balaban J connectivity index is 2.21. The Morgan fingerprint density at radius 2 is 2.18 bits per heavy atom. The zero-order chi connectivity index (χ0) is 16.3. The van der Waals surface area contributed by atoms with E-state index in [1.165, 1.54) is 20.2 Å². The monoisotopic (exact) mass is 342 g/mol. The molecular formula is C14H15ClN2O4S. The molecule has 1 aromatic carbocycles. The minimum Gasteiger partial charge on any atom is -0.444 e. The van der Waals surface area contributed by atoms with E-state index in [1.54, 1.807) is 24.3 Å². The van der Waals surface area contributed by atoms with E-state index in [9.17, 15) is 13.2 Å². The molecule has 2 rings (SSSR count). The van der Waals surface area contributed by atoms with Crippen molar-refractivity contribution >= 4 is 27.3 Å². The molecule has 1 aromatic heterocycles. The van der Waals surface area contributed by atoms with Crippen LogP contribution in [0.1, 0.15) is 12.6 Å². The second kappa shape index (κ2) is 6.50. The molecule has 118 valence electrons. The molecule has 0 aliphatic rings. The number of halogens is 1.